The van der Waals surface area contributed by atoms with Crippen molar-refractivity contribution in [3.8, 4) is 0 Å². The lowest BCUT2D eigenvalue weighted by atomic mass is 9.87. The summed E-state index contributed by atoms with van der Waals surface area (Å²) in [6.45, 7) is 5.13. The molecule has 1 saturated carbocycles. The fourth-order valence-electron chi connectivity index (χ4n) is 1.91. The quantitative estimate of drug-likeness (QED) is 0.701. The summed E-state index contributed by atoms with van der Waals surface area (Å²) in [4.78, 5) is 0. The van der Waals surface area contributed by atoms with Crippen LogP contribution in [0.15, 0.2) is 0 Å². The first-order valence-electron chi connectivity index (χ1n) is 5.63. The van der Waals surface area contributed by atoms with E-state index in [4.69, 9.17) is 0 Å². The van der Waals surface area contributed by atoms with Crippen molar-refractivity contribution in [3.63, 3.8) is 0 Å². The maximum atomic E-state index is 9.38. The molecule has 1 aliphatic rings. The molecule has 1 aliphatic carbocycles. The number of rotatable bonds is 4. The zero-order valence-electron chi connectivity index (χ0n) is 8.92. The van der Waals surface area contributed by atoms with E-state index < -0.39 is 0 Å². The average Bonchev–Trinajstić information content (AvgIpc) is 2.16. The summed E-state index contributed by atoms with van der Waals surface area (Å²) < 4.78 is 0. The van der Waals surface area contributed by atoms with Gasteiger partial charge in [-0.3, -0.25) is 0 Å². The molecule has 2 heteroatoms. The Bertz CT molecular complexity index is 130. The Kier molecular flexibility index (Phi) is 4.74. The zero-order chi connectivity index (χ0) is 9.68. The molecule has 0 aromatic heterocycles. The smallest absolute Gasteiger partial charge is 0.0662 e. The molecular formula is C11H23NO. The molecule has 0 aromatic carbocycles. The van der Waals surface area contributed by atoms with Crippen molar-refractivity contribution in [2.24, 2.45) is 5.92 Å². The third-order valence-corrected chi connectivity index (χ3v) is 3.13. The van der Waals surface area contributed by atoms with Crippen molar-refractivity contribution in [3.05, 3.63) is 0 Å². The second-order valence-corrected chi connectivity index (χ2v) is 4.43. The van der Waals surface area contributed by atoms with Gasteiger partial charge in [0.25, 0.3) is 0 Å². The van der Waals surface area contributed by atoms with E-state index in [1.165, 1.54) is 25.7 Å². The minimum Gasteiger partial charge on any atom is -0.392 e. The van der Waals surface area contributed by atoms with Gasteiger partial charge in [0.15, 0.2) is 0 Å². The van der Waals surface area contributed by atoms with Gasteiger partial charge in [0.05, 0.1) is 6.10 Å². The molecule has 0 bridgehead atoms. The number of hydrogen-bond acceptors (Lipinski definition) is 2. The topological polar surface area (TPSA) is 32.3 Å². The van der Waals surface area contributed by atoms with E-state index in [9.17, 15) is 5.11 Å². The summed E-state index contributed by atoms with van der Waals surface area (Å²) in [5.41, 5.74) is 0. The predicted octanol–water partition coefficient (Wildman–Crippen LogP) is 1.93. The van der Waals surface area contributed by atoms with Crippen LogP contribution in [0.3, 0.4) is 0 Å². The molecule has 0 aromatic rings. The van der Waals surface area contributed by atoms with Crippen LogP contribution < -0.4 is 5.32 Å². The lowest BCUT2D eigenvalue weighted by molar-refractivity contribution is 0.157. The molecule has 2 N–H and O–H groups in total. The molecule has 0 spiro atoms. The number of aliphatic hydroxyl groups excluding tert-OH is 1. The average molecular weight is 185 g/mol. The Morgan fingerprint density at radius 1 is 1.31 bits per heavy atom. The van der Waals surface area contributed by atoms with Gasteiger partial charge < -0.3 is 10.4 Å². The van der Waals surface area contributed by atoms with Gasteiger partial charge in [-0.25, -0.2) is 0 Å². The van der Waals surface area contributed by atoms with Crippen molar-refractivity contribution in [1.82, 2.24) is 5.32 Å². The molecule has 1 atom stereocenters. The van der Waals surface area contributed by atoms with Crippen LogP contribution >= 0.6 is 0 Å². The maximum absolute atomic E-state index is 9.38. The van der Waals surface area contributed by atoms with E-state index in [0.717, 1.165) is 18.9 Å². The Hall–Kier alpha value is -0.0800. The van der Waals surface area contributed by atoms with Gasteiger partial charge in [0.1, 0.15) is 0 Å². The van der Waals surface area contributed by atoms with E-state index in [0.29, 0.717) is 6.04 Å². The van der Waals surface area contributed by atoms with Gasteiger partial charge in [0.2, 0.25) is 0 Å². The Labute approximate surface area is 81.7 Å². The molecule has 0 radical (unpaired) electrons. The highest BCUT2D eigenvalue weighted by Gasteiger charge is 2.17. The van der Waals surface area contributed by atoms with Gasteiger partial charge in [-0.2, -0.15) is 0 Å². The molecule has 0 amide bonds. The van der Waals surface area contributed by atoms with Crippen LogP contribution in [-0.2, 0) is 0 Å². The molecule has 1 unspecified atom stereocenters. The molecule has 0 heterocycles. The highest BCUT2D eigenvalue weighted by molar-refractivity contribution is 4.76. The first-order valence-corrected chi connectivity index (χ1v) is 5.63. The van der Waals surface area contributed by atoms with Crippen molar-refractivity contribution in [2.45, 2.75) is 58.1 Å². The van der Waals surface area contributed by atoms with Crippen LogP contribution in [0.1, 0.15) is 46.0 Å². The van der Waals surface area contributed by atoms with E-state index in [1.54, 1.807) is 0 Å². The molecule has 2 nitrogen and oxygen atoms in total. The molecule has 0 aliphatic heterocycles. The van der Waals surface area contributed by atoms with Crippen molar-refractivity contribution >= 4 is 0 Å². The third kappa shape index (κ3) is 4.10. The second kappa shape index (κ2) is 5.61. The third-order valence-electron chi connectivity index (χ3n) is 3.13. The number of nitrogens with one attached hydrogen (secondary N) is 1. The summed E-state index contributed by atoms with van der Waals surface area (Å²) in [6.07, 6.45) is 5.98. The molecule has 78 valence electrons. The van der Waals surface area contributed by atoms with Crippen LogP contribution in [0.5, 0.6) is 0 Å². The van der Waals surface area contributed by atoms with Crippen LogP contribution in [0.2, 0.25) is 0 Å². The molecule has 1 rings (SSSR count). The largest absolute Gasteiger partial charge is 0.392 e. The summed E-state index contributed by atoms with van der Waals surface area (Å²) in [5.74, 6) is 0.911. The number of hydrogen-bond donors (Lipinski definition) is 2. The van der Waals surface area contributed by atoms with E-state index in [2.05, 4.69) is 12.2 Å². The van der Waals surface area contributed by atoms with Gasteiger partial charge in [-0.05, 0) is 38.0 Å². The van der Waals surface area contributed by atoms with Gasteiger partial charge in [-0.1, -0.05) is 13.8 Å². The molecule has 0 saturated heterocycles. The maximum Gasteiger partial charge on any atom is 0.0662 e. The lowest BCUT2D eigenvalue weighted by Gasteiger charge is -2.27. The summed E-state index contributed by atoms with van der Waals surface area (Å²) >= 11 is 0. The summed E-state index contributed by atoms with van der Waals surface area (Å²) in [6, 6.07) is 0.664. The standard InChI is InChI=1S/C11H23NO/c1-3-11(13)8-12-10-6-4-9(2)5-7-10/h9-13H,3-8H2,1-2H3. The first kappa shape index (κ1) is 11.0. The zero-order valence-corrected chi connectivity index (χ0v) is 8.92. The SMILES string of the molecule is CCC(O)CNC1CCC(C)CC1. The molecular weight excluding hydrogens is 162 g/mol. The minimum atomic E-state index is -0.153. The fraction of sp³-hybridized carbons (Fsp3) is 1.00. The van der Waals surface area contributed by atoms with Gasteiger partial charge >= 0.3 is 0 Å². The molecule has 1 fully saturated rings. The van der Waals surface area contributed by atoms with Crippen LogP contribution in [0.25, 0.3) is 0 Å². The molecule has 13 heavy (non-hydrogen) atoms. The minimum absolute atomic E-state index is 0.153. The predicted molar refractivity (Wildman–Crippen MR) is 55.7 cm³/mol. The Balaban J connectivity index is 2.08. The monoisotopic (exact) mass is 185 g/mol. The van der Waals surface area contributed by atoms with Crippen molar-refractivity contribution < 1.29 is 5.11 Å². The normalized spacial score (nSPS) is 31.6. The highest BCUT2D eigenvalue weighted by atomic mass is 16.3. The first-order chi connectivity index (χ1) is 6.22. The van der Waals surface area contributed by atoms with E-state index >= 15 is 0 Å². The van der Waals surface area contributed by atoms with Gasteiger partial charge in [0, 0.05) is 12.6 Å². The Morgan fingerprint density at radius 2 is 1.92 bits per heavy atom. The van der Waals surface area contributed by atoms with Crippen molar-refractivity contribution in [1.29, 1.82) is 0 Å². The van der Waals surface area contributed by atoms with E-state index in [1.807, 2.05) is 6.92 Å². The van der Waals surface area contributed by atoms with E-state index in [-0.39, 0.29) is 6.10 Å². The van der Waals surface area contributed by atoms with Gasteiger partial charge in [-0.15, -0.1) is 0 Å². The van der Waals surface area contributed by atoms with Crippen LogP contribution in [-0.4, -0.2) is 23.8 Å². The van der Waals surface area contributed by atoms with Crippen LogP contribution in [0.4, 0.5) is 0 Å². The van der Waals surface area contributed by atoms with Crippen LogP contribution in [0, 0.1) is 5.92 Å². The van der Waals surface area contributed by atoms with Crippen molar-refractivity contribution in [2.75, 3.05) is 6.54 Å². The summed E-state index contributed by atoms with van der Waals surface area (Å²) in [7, 11) is 0. The highest BCUT2D eigenvalue weighted by Crippen LogP contribution is 2.23. The summed E-state index contributed by atoms with van der Waals surface area (Å²) in [5, 5.41) is 12.8. The second-order valence-electron chi connectivity index (χ2n) is 4.43. The number of aliphatic hydroxyl groups is 1. The lowest BCUT2D eigenvalue weighted by Crippen LogP contribution is -2.37. The Morgan fingerprint density at radius 3 is 2.46 bits per heavy atom. The fourth-order valence-corrected chi connectivity index (χ4v) is 1.91.